The van der Waals surface area contributed by atoms with E-state index in [-0.39, 0.29) is 22.7 Å². The van der Waals surface area contributed by atoms with E-state index < -0.39 is 11.6 Å². The third-order valence-electron chi connectivity index (χ3n) is 5.20. The first kappa shape index (κ1) is 20.3. The Morgan fingerprint density at radius 2 is 1.65 bits per heavy atom. The van der Waals surface area contributed by atoms with Crippen molar-refractivity contribution in [3.8, 4) is 34.0 Å². The van der Waals surface area contributed by atoms with Crippen molar-refractivity contribution in [1.82, 2.24) is 9.55 Å². The Morgan fingerprint density at radius 1 is 0.935 bits per heavy atom. The summed E-state index contributed by atoms with van der Waals surface area (Å²) < 4.78 is 15.5. The molecule has 0 unspecified atom stereocenters. The van der Waals surface area contributed by atoms with Crippen LogP contribution in [0.25, 0.3) is 22.5 Å². The van der Waals surface area contributed by atoms with E-state index in [9.17, 15) is 19.4 Å². The molecule has 1 heterocycles. The maximum absolute atomic E-state index is 14.0. The van der Waals surface area contributed by atoms with E-state index in [1.165, 1.54) is 22.8 Å². The van der Waals surface area contributed by atoms with Gasteiger partial charge in [-0.25, -0.2) is 9.37 Å². The Kier molecular flexibility index (Phi) is 5.54. The molecule has 0 saturated heterocycles. The van der Waals surface area contributed by atoms with Gasteiger partial charge in [0.05, 0.1) is 16.8 Å². The number of aryl methyl sites for hydroxylation is 2. The number of benzene rings is 3. The van der Waals surface area contributed by atoms with Crippen LogP contribution in [-0.2, 0) is 13.0 Å². The number of phenols is 2. The SMILES string of the molecule is Cc1nc(-c2cccc(F)c2O)n(CCc2ccccc2)c(=O)c1-c1ccc(O)cc1. The highest BCUT2D eigenvalue weighted by Gasteiger charge is 2.20. The van der Waals surface area contributed by atoms with Gasteiger partial charge in [0.2, 0.25) is 0 Å². The van der Waals surface area contributed by atoms with Gasteiger partial charge in [-0.1, -0.05) is 48.5 Å². The van der Waals surface area contributed by atoms with Crippen LogP contribution in [0, 0.1) is 12.7 Å². The molecular weight excluding hydrogens is 395 g/mol. The minimum Gasteiger partial charge on any atom is -0.508 e. The summed E-state index contributed by atoms with van der Waals surface area (Å²) in [5.74, 6) is -1.01. The first-order valence-electron chi connectivity index (χ1n) is 9.88. The van der Waals surface area contributed by atoms with Crippen molar-refractivity contribution in [3.63, 3.8) is 0 Å². The van der Waals surface area contributed by atoms with Crippen LogP contribution in [0.15, 0.2) is 77.6 Å². The van der Waals surface area contributed by atoms with Crippen molar-refractivity contribution in [2.45, 2.75) is 19.9 Å². The van der Waals surface area contributed by atoms with E-state index in [1.54, 1.807) is 25.1 Å². The third kappa shape index (κ3) is 4.05. The smallest absolute Gasteiger partial charge is 0.261 e. The van der Waals surface area contributed by atoms with Crippen LogP contribution in [0.5, 0.6) is 11.5 Å². The second-order valence-corrected chi connectivity index (χ2v) is 7.27. The number of aromatic nitrogens is 2. The van der Waals surface area contributed by atoms with Gasteiger partial charge in [-0.05, 0) is 48.7 Å². The van der Waals surface area contributed by atoms with Gasteiger partial charge in [0, 0.05) is 6.54 Å². The minimum atomic E-state index is -0.776. The van der Waals surface area contributed by atoms with Crippen LogP contribution in [0.1, 0.15) is 11.3 Å². The topological polar surface area (TPSA) is 75.4 Å². The summed E-state index contributed by atoms with van der Waals surface area (Å²) in [7, 11) is 0. The third-order valence-corrected chi connectivity index (χ3v) is 5.20. The Balaban J connectivity index is 1.90. The molecule has 2 N–H and O–H groups in total. The molecule has 0 fully saturated rings. The summed E-state index contributed by atoms with van der Waals surface area (Å²) >= 11 is 0. The largest absolute Gasteiger partial charge is 0.508 e. The molecule has 0 amide bonds. The molecule has 0 atom stereocenters. The van der Waals surface area contributed by atoms with Crippen molar-refractivity contribution >= 4 is 0 Å². The van der Waals surface area contributed by atoms with Gasteiger partial charge in [0.15, 0.2) is 11.6 Å². The zero-order chi connectivity index (χ0) is 22.0. The van der Waals surface area contributed by atoms with Gasteiger partial charge >= 0.3 is 0 Å². The quantitative estimate of drug-likeness (QED) is 0.495. The summed E-state index contributed by atoms with van der Waals surface area (Å²) in [6, 6.07) is 20.2. The molecule has 0 aliphatic rings. The van der Waals surface area contributed by atoms with E-state index in [0.717, 1.165) is 11.6 Å². The predicted molar refractivity (Wildman–Crippen MR) is 118 cm³/mol. The van der Waals surface area contributed by atoms with Crippen LogP contribution in [-0.4, -0.2) is 19.8 Å². The molecule has 4 aromatic rings. The lowest BCUT2D eigenvalue weighted by Crippen LogP contribution is -2.27. The van der Waals surface area contributed by atoms with E-state index in [4.69, 9.17) is 0 Å². The number of hydrogen-bond donors (Lipinski definition) is 2. The zero-order valence-electron chi connectivity index (χ0n) is 16.9. The van der Waals surface area contributed by atoms with Crippen LogP contribution < -0.4 is 5.56 Å². The van der Waals surface area contributed by atoms with Gasteiger partial charge < -0.3 is 10.2 Å². The summed E-state index contributed by atoms with van der Waals surface area (Å²) in [5, 5.41) is 19.9. The first-order chi connectivity index (χ1) is 15.0. The summed E-state index contributed by atoms with van der Waals surface area (Å²) in [6.45, 7) is 2.00. The molecule has 1 aromatic heterocycles. The Bertz CT molecular complexity index is 1280. The highest BCUT2D eigenvalue weighted by Crippen LogP contribution is 2.31. The standard InChI is InChI=1S/C25H21FN2O3/c1-16-22(18-10-12-19(29)13-11-18)25(31)28(15-14-17-6-3-2-4-7-17)24(27-16)20-8-5-9-21(26)23(20)30/h2-13,29-30H,14-15H2,1H3. The second-order valence-electron chi connectivity index (χ2n) is 7.27. The molecule has 0 bridgehead atoms. The molecule has 0 saturated carbocycles. The Labute approximate surface area is 178 Å². The van der Waals surface area contributed by atoms with Gasteiger partial charge in [-0.2, -0.15) is 0 Å². The van der Waals surface area contributed by atoms with Crippen molar-refractivity contribution in [2.75, 3.05) is 0 Å². The van der Waals surface area contributed by atoms with Crippen LogP contribution >= 0.6 is 0 Å². The van der Waals surface area contributed by atoms with Crippen molar-refractivity contribution in [2.24, 2.45) is 0 Å². The molecule has 4 rings (SSSR count). The molecule has 0 aliphatic heterocycles. The van der Waals surface area contributed by atoms with E-state index >= 15 is 0 Å². The van der Waals surface area contributed by atoms with Crippen LogP contribution in [0.4, 0.5) is 4.39 Å². The Hall–Kier alpha value is -3.93. The number of aromatic hydroxyl groups is 2. The highest BCUT2D eigenvalue weighted by atomic mass is 19.1. The van der Waals surface area contributed by atoms with E-state index in [1.807, 2.05) is 30.3 Å². The molecule has 31 heavy (non-hydrogen) atoms. The van der Waals surface area contributed by atoms with Crippen LogP contribution in [0.2, 0.25) is 0 Å². The molecule has 0 radical (unpaired) electrons. The molecule has 5 nitrogen and oxygen atoms in total. The number of rotatable bonds is 5. The lowest BCUT2D eigenvalue weighted by molar-refractivity contribution is 0.433. The van der Waals surface area contributed by atoms with Crippen molar-refractivity contribution < 1.29 is 14.6 Å². The number of para-hydroxylation sites is 1. The normalized spacial score (nSPS) is 10.9. The van der Waals surface area contributed by atoms with Crippen molar-refractivity contribution in [3.05, 3.63) is 100 Å². The maximum Gasteiger partial charge on any atom is 0.261 e. The fraction of sp³-hybridized carbons (Fsp3) is 0.120. The predicted octanol–water partition coefficient (Wildman–Crippen LogP) is 4.68. The summed E-state index contributed by atoms with van der Waals surface area (Å²) in [6.07, 6.45) is 0.559. The van der Waals surface area contributed by atoms with Gasteiger partial charge in [0.1, 0.15) is 11.6 Å². The fourth-order valence-electron chi connectivity index (χ4n) is 3.62. The molecular formula is C25H21FN2O3. The number of phenolic OH excluding ortho intramolecular Hbond substituents is 2. The molecule has 0 aliphatic carbocycles. The second kappa shape index (κ2) is 8.44. The molecule has 3 aromatic carbocycles. The Morgan fingerprint density at radius 3 is 2.35 bits per heavy atom. The minimum absolute atomic E-state index is 0.0973. The summed E-state index contributed by atoms with van der Waals surface area (Å²) in [5.41, 5.74) is 2.36. The lowest BCUT2D eigenvalue weighted by Gasteiger charge is -2.17. The first-order valence-corrected chi connectivity index (χ1v) is 9.88. The van der Waals surface area contributed by atoms with Gasteiger partial charge in [-0.3, -0.25) is 9.36 Å². The monoisotopic (exact) mass is 416 g/mol. The summed E-state index contributed by atoms with van der Waals surface area (Å²) in [4.78, 5) is 18.2. The van der Waals surface area contributed by atoms with Gasteiger partial charge in [-0.15, -0.1) is 0 Å². The average Bonchev–Trinajstić information content (AvgIpc) is 2.77. The van der Waals surface area contributed by atoms with E-state index in [0.29, 0.717) is 29.8 Å². The van der Waals surface area contributed by atoms with E-state index in [2.05, 4.69) is 4.98 Å². The zero-order valence-corrected chi connectivity index (χ0v) is 16.9. The maximum atomic E-state index is 14.0. The number of nitrogens with zero attached hydrogens (tertiary/aromatic N) is 2. The fourth-order valence-corrected chi connectivity index (χ4v) is 3.62. The number of hydrogen-bond acceptors (Lipinski definition) is 4. The highest BCUT2D eigenvalue weighted by molar-refractivity contribution is 5.70. The molecule has 156 valence electrons. The molecule has 0 spiro atoms. The lowest BCUT2D eigenvalue weighted by atomic mass is 10.0. The average molecular weight is 416 g/mol. The van der Waals surface area contributed by atoms with Crippen LogP contribution in [0.3, 0.4) is 0 Å². The number of halogens is 1. The van der Waals surface area contributed by atoms with Crippen molar-refractivity contribution in [1.29, 1.82) is 0 Å². The molecule has 6 heteroatoms. The van der Waals surface area contributed by atoms with Gasteiger partial charge in [0.25, 0.3) is 5.56 Å².